The molecule has 0 bridgehead atoms. The zero-order valence-corrected chi connectivity index (χ0v) is 13.3. The lowest BCUT2D eigenvalue weighted by Gasteiger charge is -1.93. The van der Waals surface area contributed by atoms with Gasteiger partial charge in [0, 0.05) is 18.5 Å². The van der Waals surface area contributed by atoms with Crippen molar-refractivity contribution in [2.45, 2.75) is 13.0 Å². The van der Waals surface area contributed by atoms with Crippen LogP contribution in [0.3, 0.4) is 0 Å². The van der Waals surface area contributed by atoms with Crippen LogP contribution in [0, 0.1) is 0 Å². The third kappa shape index (κ3) is 3.08. The Balaban J connectivity index is 1.73. The molecule has 0 aliphatic heterocycles. The molecule has 3 heterocycles. The topological polar surface area (TPSA) is 69.6 Å². The average molecular weight is 375 g/mol. The maximum atomic E-state index is 5.66. The van der Waals surface area contributed by atoms with E-state index >= 15 is 0 Å². The van der Waals surface area contributed by atoms with Gasteiger partial charge < -0.3 is 4.42 Å². The van der Waals surface area contributed by atoms with E-state index in [2.05, 4.69) is 36.4 Å². The van der Waals surface area contributed by atoms with Crippen LogP contribution < -0.4 is 0 Å². The molecule has 0 unspecified atom stereocenters. The van der Waals surface area contributed by atoms with Gasteiger partial charge in [-0.25, -0.2) is 4.68 Å². The van der Waals surface area contributed by atoms with Crippen LogP contribution in [0.1, 0.15) is 11.6 Å². The van der Waals surface area contributed by atoms with E-state index < -0.39 is 0 Å². The Kier molecular flexibility index (Phi) is 4.13. The molecule has 0 N–H and O–H groups in total. The number of aromatic nitrogens is 5. The van der Waals surface area contributed by atoms with Crippen LogP contribution in [0.5, 0.6) is 0 Å². The third-order valence-corrected chi connectivity index (χ3v) is 4.29. The normalized spacial score (nSPS) is 11.1. The third-order valence-electron chi connectivity index (χ3n) is 2.48. The van der Waals surface area contributed by atoms with Crippen molar-refractivity contribution < 1.29 is 4.42 Å². The van der Waals surface area contributed by atoms with Gasteiger partial charge in [-0.3, -0.25) is 0 Å². The van der Waals surface area contributed by atoms with E-state index in [9.17, 15) is 0 Å². The standard InChI is InChI=1S/C11H9BrClN5OS/c12-9-2-1-8(20-9)11-16-15-10(19-11)6-18-5-7(3-4-13)14-17-18/h1-2,5H,3-4,6H2. The van der Waals surface area contributed by atoms with Gasteiger partial charge in [0.2, 0.25) is 5.89 Å². The van der Waals surface area contributed by atoms with Crippen LogP contribution in [0.15, 0.2) is 26.5 Å². The molecule has 0 fully saturated rings. The van der Waals surface area contributed by atoms with Gasteiger partial charge in [-0.2, -0.15) is 0 Å². The Morgan fingerprint density at radius 2 is 2.20 bits per heavy atom. The molecule has 20 heavy (non-hydrogen) atoms. The van der Waals surface area contributed by atoms with E-state index in [0.29, 0.717) is 30.6 Å². The second-order valence-corrected chi connectivity index (χ2v) is 6.79. The van der Waals surface area contributed by atoms with Gasteiger partial charge in [0.15, 0.2) is 0 Å². The van der Waals surface area contributed by atoms with Crippen LogP contribution in [0.25, 0.3) is 10.8 Å². The maximum absolute atomic E-state index is 5.66. The van der Waals surface area contributed by atoms with Crippen LogP contribution in [0.4, 0.5) is 0 Å². The highest BCUT2D eigenvalue weighted by molar-refractivity contribution is 9.11. The van der Waals surface area contributed by atoms with Gasteiger partial charge in [-0.1, -0.05) is 5.21 Å². The fourth-order valence-electron chi connectivity index (χ4n) is 1.61. The summed E-state index contributed by atoms with van der Waals surface area (Å²) in [5, 5.41) is 16.0. The predicted octanol–water partition coefficient (Wildman–Crippen LogP) is 2.98. The molecule has 9 heteroatoms. The van der Waals surface area contributed by atoms with Crippen molar-refractivity contribution >= 4 is 38.9 Å². The second-order valence-electron chi connectivity index (χ2n) is 3.95. The molecule has 0 atom stereocenters. The summed E-state index contributed by atoms with van der Waals surface area (Å²) >= 11 is 10.6. The summed E-state index contributed by atoms with van der Waals surface area (Å²) < 4.78 is 8.29. The van der Waals surface area contributed by atoms with Gasteiger partial charge >= 0.3 is 0 Å². The molecule has 0 aliphatic rings. The van der Waals surface area contributed by atoms with Crippen molar-refractivity contribution in [3.8, 4) is 10.8 Å². The van der Waals surface area contributed by atoms with Crippen molar-refractivity contribution in [3.05, 3.63) is 33.7 Å². The summed E-state index contributed by atoms with van der Waals surface area (Å²) in [7, 11) is 0. The summed E-state index contributed by atoms with van der Waals surface area (Å²) in [5.74, 6) is 1.53. The van der Waals surface area contributed by atoms with E-state index in [1.807, 2.05) is 18.3 Å². The van der Waals surface area contributed by atoms with Crippen LogP contribution in [0.2, 0.25) is 0 Å². The first-order valence-electron chi connectivity index (χ1n) is 5.77. The van der Waals surface area contributed by atoms with E-state index in [-0.39, 0.29) is 0 Å². The molecule has 0 aromatic carbocycles. The van der Waals surface area contributed by atoms with Crippen molar-refractivity contribution in [3.63, 3.8) is 0 Å². The molecule has 0 saturated heterocycles. The molecule has 6 nitrogen and oxygen atoms in total. The van der Waals surface area contributed by atoms with Gasteiger partial charge in [0.1, 0.15) is 6.54 Å². The van der Waals surface area contributed by atoms with E-state index in [4.69, 9.17) is 16.0 Å². The Morgan fingerprint density at radius 3 is 2.95 bits per heavy atom. The number of hydrogen-bond acceptors (Lipinski definition) is 6. The number of rotatable bonds is 5. The first-order valence-corrected chi connectivity index (χ1v) is 7.92. The number of thiophene rings is 1. The first-order chi connectivity index (χ1) is 9.74. The van der Waals surface area contributed by atoms with Crippen molar-refractivity contribution in [2.75, 3.05) is 5.88 Å². The van der Waals surface area contributed by atoms with Crippen LogP contribution in [-0.2, 0) is 13.0 Å². The second kappa shape index (κ2) is 6.02. The summed E-state index contributed by atoms with van der Waals surface area (Å²) in [5.41, 5.74) is 0.849. The summed E-state index contributed by atoms with van der Waals surface area (Å²) in [6.45, 7) is 0.398. The van der Waals surface area contributed by atoms with Crippen molar-refractivity contribution in [1.29, 1.82) is 0 Å². The van der Waals surface area contributed by atoms with Gasteiger partial charge in [-0.15, -0.1) is 38.2 Å². The molecule has 0 amide bonds. The maximum Gasteiger partial charge on any atom is 0.257 e. The fraction of sp³-hybridized carbons (Fsp3) is 0.273. The Bertz CT molecular complexity index is 709. The molecular weight excluding hydrogens is 366 g/mol. The summed E-state index contributed by atoms with van der Waals surface area (Å²) in [6.07, 6.45) is 2.52. The van der Waals surface area contributed by atoms with Gasteiger partial charge in [0.25, 0.3) is 5.89 Å². The first kappa shape index (κ1) is 13.7. The molecule has 0 aliphatic carbocycles. The van der Waals surface area contributed by atoms with Gasteiger partial charge in [-0.05, 0) is 28.1 Å². The minimum Gasteiger partial charge on any atom is -0.418 e. The van der Waals surface area contributed by atoms with Crippen molar-refractivity contribution in [1.82, 2.24) is 25.2 Å². The molecule has 3 rings (SSSR count). The Hall–Kier alpha value is -1.25. The van der Waals surface area contributed by atoms with Crippen LogP contribution >= 0.6 is 38.9 Å². The highest BCUT2D eigenvalue weighted by atomic mass is 79.9. The van der Waals surface area contributed by atoms with E-state index in [1.54, 1.807) is 16.0 Å². The zero-order chi connectivity index (χ0) is 13.9. The number of hydrogen-bond donors (Lipinski definition) is 0. The molecule has 0 spiro atoms. The lowest BCUT2D eigenvalue weighted by molar-refractivity contribution is 0.470. The lowest BCUT2D eigenvalue weighted by atomic mass is 10.4. The molecular formula is C11H9BrClN5OS. The fourth-order valence-corrected chi connectivity index (χ4v) is 3.11. The summed E-state index contributed by atoms with van der Waals surface area (Å²) in [4.78, 5) is 0.928. The number of nitrogens with zero attached hydrogens (tertiary/aromatic N) is 5. The minimum atomic E-state index is 0.398. The van der Waals surface area contributed by atoms with Gasteiger partial charge in [0.05, 0.1) is 14.4 Å². The van der Waals surface area contributed by atoms with E-state index in [0.717, 1.165) is 14.4 Å². The zero-order valence-electron chi connectivity index (χ0n) is 10.2. The average Bonchev–Trinajstić information content (AvgIpc) is 3.12. The SMILES string of the molecule is ClCCc1cn(Cc2nnc(-c3ccc(Br)s3)o2)nn1. The smallest absolute Gasteiger partial charge is 0.257 e. The molecule has 104 valence electrons. The summed E-state index contributed by atoms with van der Waals surface area (Å²) in [6, 6.07) is 3.87. The minimum absolute atomic E-state index is 0.398. The lowest BCUT2D eigenvalue weighted by Crippen LogP contribution is -2.00. The highest BCUT2D eigenvalue weighted by Crippen LogP contribution is 2.30. The molecule has 0 radical (unpaired) electrons. The predicted molar refractivity (Wildman–Crippen MR) is 78.9 cm³/mol. The molecule has 0 saturated carbocycles. The number of alkyl halides is 1. The van der Waals surface area contributed by atoms with Crippen LogP contribution in [-0.4, -0.2) is 31.1 Å². The number of halogens is 2. The van der Waals surface area contributed by atoms with E-state index in [1.165, 1.54) is 0 Å². The van der Waals surface area contributed by atoms with Crippen molar-refractivity contribution in [2.24, 2.45) is 0 Å². The quantitative estimate of drug-likeness (QED) is 0.642. The molecule has 3 aromatic heterocycles. The number of aryl methyl sites for hydroxylation is 1. The highest BCUT2D eigenvalue weighted by Gasteiger charge is 2.11. The Labute approximate surface area is 131 Å². The largest absolute Gasteiger partial charge is 0.418 e. The monoisotopic (exact) mass is 373 g/mol. The molecule has 3 aromatic rings. The Morgan fingerprint density at radius 1 is 1.30 bits per heavy atom.